The highest BCUT2D eigenvalue weighted by Gasteiger charge is 2.21. The van der Waals surface area contributed by atoms with Crippen LogP contribution < -0.4 is 5.43 Å². The Hall–Kier alpha value is -0.650. The van der Waals surface area contributed by atoms with Gasteiger partial charge in [-0.25, -0.2) is 10.0 Å². The summed E-state index contributed by atoms with van der Waals surface area (Å²) in [5.41, 5.74) is 2.70. The smallest absolute Gasteiger partial charge is 0.264 e. The number of nitrogens with zero attached hydrogens (tertiary/aromatic N) is 1. The van der Waals surface area contributed by atoms with Crippen LogP contribution in [-0.2, 0) is 4.79 Å². The van der Waals surface area contributed by atoms with Gasteiger partial charge in [-0.15, -0.1) is 0 Å². The predicted molar refractivity (Wildman–Crippen MR) is 48.5 cm³/mol. The molecule has 0 rings (SSSR count). The number of quaternary nitrogens is 1. The van der Waals surface area contributed by atoms with Gasteiger partial charge in [0, 0.05) is 6.42 Å². The molecule has 0 spiro atoms. The first kappa shape index (κ1) is 12.3. The van der Waals surface area contributed by atoms with E-state index in [0.717, 1.165) is 0 Å². The summed E-state index contributed by atoms with van der Waals surface area (Å²) >= 11 is 0. The van der Waals surface area contributed by atoms with Crippen LogP contribution in [0.4, 0.5) is 0 Å². The standard InChI is InChI=1S/C8H18N2O3/c1-4-8(13)9-10(2,3)5-7(12)6-11/h7,11-12H,4-6H2,1-3H3/p+1. The number of aliphatic hydroxyl groups excluding tert-OH is 2. The van der Waals surface area contributed by atoms with Crippen LogP contribution in [0.1, 0.15) is 13.3 Å². The fourth-order valence-corrected chi connectivity index (χ4v) is 1.05. The number of rotatable bonds is 5. The molecule has 5 nitrogen and oxygen atoms in total. The number of carbonyl (C=O) groups excluding carboxylic acids is 1. The summed E-state index contributed by atoms with van der Waals surface area (Å²) in [5.74, 6) is -0.0739. The van der Waals surface area contributed by atoms with Crippen LogP contribution in [0.5, 0.6) is 0 Å². The lowest BCUT2D eigenvalue weighted by Gasteiger charge is -2.30. The molecule has 13 heavy (non-hydrogen) atoms. The Bertz CT molecular complexity index is 171. The maximum absolute atomic E-state index is 11.0. The van der Waals surface area contributed by atoms with Gasteiger partial charge in [0.25, 0.3) is 5.91 Å². The molecule has 1 unspecified atom stereocenters. The zero-order valence-corrected chi connectivity index (χ0v) is 8.45. The quantitative estimate of drug-likeness (QED) is 0.380. The Kier molecular flexibility index (Phi) is 4.90. The molecule has 0 aliphatic heterocycles. The van der Waals surface area contributed by atoms with E-state index in [-0.39, 0.29) is 17.1 Å². The third-order valence-electron chi connectivity index (χ3n) is 1.63. The molecule has 0 aromatic rings. The van der Waals surface area contributed by atoms with Gasteiger partial charge in [-0.3, -0.25) is 4.79 Å². The number of hydrogen-bond acceptors (Lipinski definition) is 3. The van der Waals surface area contributed by atoms with Crippen molar-refractivity contribution in [3.8, 4) is 0 Å². The topological polar surface area (TPSA) is 69.6 Å². The molecule has 0 aliphatic carbocycles. The van der Waals surface area contributed by atoms with Gasteiger partial charge in [-0.1, -0.05) is 6.92 Å². The van der Waals surface area contributed by atoms with Crippen molar-refractivity contribution in [2.75, 3.05) is 27.2 Å². The molecule has 1 amide bonds. The summed E-state index contributed by atoms with van der Waals surface area (Å²) < 4.78 is 0.175. The van der Waals surface area contributed by atoms with Crippen LogP contribution in [0, 0.1) is 0 Å². The first-order valence-corrected chi connectivity index (χ1v) is 4.34. The van der Waals surface area contributed by atoms with E-state index >= 15 is 0 Å². The van der Waals surface area contributed by atoms with Gasteiger partial charge in [-0.05, 0) is 0 Å². The fraction of sp³-hybridized carbons (Fsp3) is 0.875. The molecular formula is C8H19N2O3+. The van der Waals surface area contributed by atoms with E-state index in [0.29, 0.717) is 13.0 Å². The highest BCUT2D eigenvalue weighted by molar-refractivity contribution is 5.74. The van der Waals surface area contributed by atoms with Crippen LogP contribution in [0.25, 0.3) is 0 Å². The van der Waals surface area contributed by atoms with Gasteiger partial charge in [0.15, 0.2) is 0 Å². The molecule has 0 saturated carbocycles. The lowest BCUT2D eigenvalue weighted by molar-refractivity contribution is -0.928. The fourth-order valence-electron chi connectivity index (χ4n) is 1.05. The van der Waals surface area contributed by atoms with Crippen molar-refractivity contribution in [3.05, 3.63) is 0 Å². The van der Waals surface area contributed by atoms with E-state index in [4.69, 9.17) is 10.2 Å². The van der Waals surface area contributed by atoms with E-state index in [1.807, 2.05) is 0 Å². The van der Waals surface area contributed by atoms with Crippen molar-refractivity contribution in [2.45, 2.75) is 19.4 Å². The van der Waals surface area contributed by atoms with Crippen LogP contribution in [-0.4, -0.2) is 54.1 Å². The summed E-state index contributed by atoms with van der Waals surface area (Å²) in [4.78, 5) is 11.0. The van der Waals surface area contributed by atoms with Crippen LogP contribution in [0.3, 0.4) is 0 Å². The normalized spacial score (nSPS) is 13.9. The first-order chi connectivity index (χ1) is 5.91. The molecule has 0 aliphatic rings. The van der Waals surface area contributed by atoms with Crippen molar-refractivity contribution in [3.63, 3.8) is 0 Å². The second-order valence-electron chi connectivity index (χ2n) is 3.59. The van der Waals surface area contributed by atoms with Gasteiger partial charge >= 0.3 is 0 Å². The second kappa shape index (κ2) is 5.16. The number of likely N-dealkylation sites (N-methyl/N-ethyl adjacent to an activating group) is 1. The van der Waals surface area contributed by atoms with E-state index in [1.54, 1.807) is 21.0 Å². The first-order valence-electron chi connectivity index (χ1n) is 4.34. The Morgan fingerprint density at radius 1 is 1.54 bits per heavy atom. The van der Waals surface area contributed by atoms with Crippen LogP contribution >= 0.6 is 0 Å². The minimum atomic E-state index is -0.799. The minimum absolute atomic E-state index is 0.0739. The third-order valence-corrected chi connectivity index (χ3v) is 1.63. The predicted octanol–water partition coefficient (Wildman–Crippen LogP) is -1.14. The molecule has 0 aromatic carbocycles. The maximum Gasteiger partial charge on any atom is 0.264 e. The lowest BCUT2D eigenvalue weighted by Crippen LogP contribution is -2.57. The Labute approximate surface area is 78.5 Å². The van der Waals surface area contributed by atoms with Gasteiger partial charge in [0.05, 0.1) is 20.7 Å². The maximum atomic E-state index is 11.0. The zero-order chi connectivity index (χ0) is 10.5. The molecule has 0 saturated heterocycles. The SMILES string of the molecule is CCC(=O)N[N+](C)(C)CC(O)CO. The average molecular weight is 191 g/mol. The van der Waals surface area contributed by atoms with Gasteiger partial charge in [0.1, 0.15) is 12.6 Å². The van der Waals surface area contributed by atoms with Crippen LogP contribution in [0.2, 0.25) is 0 Å². The molecular weight excluding hydrogens is 172 g/mol. The molecule has 0 heterocycles. The monoisotopic (exact) mass is 191 g/mol. The van der Waals surface area contributed by atoms with Crippen molar-refractivity contribution in [1.82, 2.24) is 5.43 Å². The van der Waals surface area contributed by atoms with E-state index in [1.165, 1.54) is 0 Å². The summed E-state index contributed by atoms with van der Waals surface area (Å²) in [6.45, 7) is 1.77. The summed E-state index contributed by atoms with van der Waals surface area (Å²) in [6, 6.07) is 0. The van der Waals surface area contributed by atoms with Gasteiger partial charge in [0.2, 0.25) is 0 Å². The minimum Gasteiger partial charge on any atom is -0.393 e. The van der Waals surface area contributed by atoms with Crippen molar-refractivity contribution in [1.29, 1.82) is 0 Å². The van der Waals surface area contributed by atoms with Crippen molar-refractivity contribution < 1.29 is 19.6 Å². The molecule has 1 atom stereocenters. The summed E-state index contributed by atoms with van der Waals surface area (Å²) in [7, 11) is 3.51. The van der Waals surface area contributed by atoms with Gasteiger partial charge in [-0.2, -0.15) is 0 Å². The van der Waals surface area contributed by atoms with E-state index in [9.17, 15) is 4.79 Å². The largest absolute Gasteiger partial charge is 0.393 e. The van der Waals surface area contributed by atoms with E-state index < -0.39 is 6.10 Å². The number of aliphatic hydroxyl groups is 2. The summed E-state index contributed by atoms with van der Waals surface area (Å²) in [6.07, 6.45) is -0.385. The average Bonchev–Trinajstić information content (AvgIpc) is 2.02. The zero-order valence-electron chi connectivity index (χ0n) is 8.45. The number of carbonyl (C=O) groups is 1. The molecule has 0 fully saturated rings. The van der Waals surface area contributed by atoms with Crippen molar-refractivity contribution in [2.24, 2.45) is 0 Å². The molecule has 0 radical (unpaired) electrons. The highest BCUT2D eigenvalue weighted by atomic mass is 16.3. The number of hydrogen-bond donors (Lipinski definition) is 3. The molecule has 0 aromatic heterocycles. The lowest BCUT2D eigenvalue weighted by atomic mass is 10.3. The third kappa shape index (κ3) is 5.57. The number of amides is 1. The molecule has 0 bridgehead atoms. The molecule has 78 valence electrons. The van der Waals surface area contributed by atoms with E-state index in [2.05, 4.69) is 5.43 Å². The van der Waals surface area contributed by atoms with Crippen molar-refractivity contribution >= 4 is 5.91 Å². The summed E-state index contributed by atoms with van der Waals surface area (Å²) in [5, 5.41) is 17.8. The second-order valence-corrected chi connectivity index (χ2v) is 3.59. The van der Waals surface area contributed by atoms with Gasteiger partial charge < -0.3 is 10.2 Å². The highest BCUT2D eigenvalue weighted by Crippen LogP contribution is 1.95. The molecule has 3 N–H and O–H groups in total. The number of nitrogens with one attached hydrogen (secondary N) is 1. The van der Waals surface area contributed by atoms with Crippen LogP contribution in [0.15, 0.2) is 0 Å². The Morgan fingerprint density at radius 3 is 2.46 bits per heavy atom. The molecule has 5 heteroatoms. The Balaban J connectivity index is 3.99. The Morgan fingerprint density at radius 2 is 2.08 bits per heavy atom.